The van der Waals surface area contributed by atoms with E-state index in [9.17, 15) is 9.00 Å². The highest BCUT2D eigenvalue weighted by atomic mass is 32.2. The average Bonchev–Trinajstić information content (AvgIpc) is 1.64. The number of carbonyl (C=O) groups is 1. The predicted molar refractivity (Wildman–Crippen MR) is 625 cm³/mol. The van der Waals surface area contributed by atoms with Crippen LogP contribution in [0, 0.1) is 0 Å². The van der Waals surface area contributed by atoms with Crippen LogP contribution in [-0.4, -0.2) is 211 Å². The molecule has 800 valence electrons. The highest BCUT2D eigenvalue weighted by Gasteiger charge is 2.31. The van der Waals surface area contributed by atoms with E-state index in [0.717, 1.165) is 146 Å². The van der Waals surface area contributed by atoms with Gasteiger partial charge in [-0.05, 0) is 333 Å². The van der Waals surface area contributed by atoms with Crippen molar-refractivity contribution in [3.05, 3.63) is 253 Å². The molecule has 0 saturated carbocycles. The third kappa shape index (κ3) is 28.1. The molecule has 3 N–H and O–H groups in total. The van der Waals surface area contributed by atoms with Crippen LogP contribution >= 0.6 is 0 Å². The molecule has 6 saturated heterocycles. The smallest absolute Gasteiger partial charge is 0.409 e. The molecule has 6 unspecified atom stereocenters. The number of likely N-dealkylation sites (tertiary alicyclic amines) is 3. The van der Waals surface area contributed by atoms with Gasteiger partial charge in [-0.25, -0.2) is 49.0 Å². The molecule has 0 aliphatic carbocycles. The largest absolute Gasteiger partial charge is 0.453 e. The minimum absolute atomic E-state index is 0. The Bertz CT molecular complexity index is 7070. The maximum absolute atomic E-state index is 12.3. The van der Waals surface area contributed by atoms with Gasteiger partial charge in [0, 0.05) is 104 Å². The van der Waals surface area contributed by atoms with Gasteiger partial charge in [-0.3, -0.25) is 4.21 Å². The maximum Gasteiger partial charge on any atom is 0.409 e. The monoisotopic (exact) mass is 2040 g/mol. The van der Waals surface area contributed by atoms with Crippen LogP contribution in [0.1, 0.15) is 351 Å². The summed E-state index contributed by atoms with van der Waals surface area (Å²) in [7, 11) is 1.53. The van der Waals surface area contributed by atoms with Crippen molar-refractivity contribution in [2.45, 2.75) is 312 Å². The van der Waals surface area contributed by atoms with Gasteiger partial charge in [0.1, 0.15) is 0 Å². The lowest BCUT2D eigenvalue weighted by atomic mass is 10.0. The highest BCUT2D eigenvalue weighted by Crippen LogP contribution is 2.38. The molecule has 8 aromatic carbocycles. The van der Waals surface area contributed by atoms with E-state index in [0.29, 0.717) is 84.1 Å². The topological polar surface area (TPSA) is 234 Å². The molecule has 26 heteroatoms. The third-order valence-corrected chi connectivity index (χ3v) is 32.3. The van der Waals surface area contributed by atoms with Crippen LogP contribution in [0.3, 0.4) is 0 Å². The molecule has 14 heterocycles. The number of ether oxygens (including phenoxy) is 1. The second-order valence-electron chi connectivity index (χ2n) is 45.7. The van der Waals surface area contributed by atoms with Gasteiger partial charge in [-0.15, -0.1) is 0 Å². The molecule has 22 rings (SSSR count). The summed E-state index contributed by atoms with van der Waals surface area (Å²) in [5.74, 6) is 8.25. The Kier molecular flexibility index (Phi) is 38.5. The number of likely N-dealkylation sites (N-methyl/N-ethyl adjacent to an activating group) is 1. The quantitative estimate of drug-likeness (QED) is 0.0763. The van der Waals surface area contributed by atoms with Crippen LogP contribution in [0.15, 0.2) is 208 Å². The molecular formula is C123H174N22O3S. The summed E-state index contributed by atoms with van der Waals surface area (Å²) in [6, 6.07) is 55.4. The van der Waals surface area contributed by atoms with E-state index < -0.39 is 9.71 Å². The van der Waals surface area contributed by atoms with Gasteiger partial charge in [0.25, 0.3) is 0 Å². The zero-order chi connectivity index (χ0) is 106. The molecule has 0 bridgehead atoms. The fraction of sp³-hybridized carbons (Fsp3) is 0.512. The molecule has 6 aliphatic rings. The number of hydrogen-bond acceptors (Lipinski definition) is 15. The van der Waals surface area contributed by atoms with Crippen LogP contribution in [-0.2, 0) is 20.0 Å². The number of aromatic amines is 1. The number of nitrogens with one attached hydrogen (secondary N) is 3. The van der Waals surface area contributed by atoms with Crippen molar-refractivity contribution in [2.24, 2.45) is 0 Å². The van der Waals surface area contributed by atoms with Crippen molar-refractivity contribution in [1.82, 2.24) is 106 Å². The fourth-order valence-corrected chi connectivity index (χ4v) is 22.4. The number of rotatable bonds is 16. The Morgan fingerprint density at radius 2 is 0.678 bits per heavy atom. The number of nitrogens with zero attached hydrogens (tertiary/aromatic N) is 19. The van der Waals surface area contributed by atoms with Crippen LogP contribution in [0.25, 0.3) is 88.3 Å². The molecule has 149 heavy (non-hydrogen) atoms. The zero-order valence-electron chi connectivity index (χ0n) is 93.1. The summed E-state index contributed by atoms with van der Waals surface area (Å²) in [5.41, 5.74) is 30.7. The Labute approximate surface area is 888 Å². The molecule has 1 amide bonds. The number of imidazole rings is 8. The number of amides is 1. The van der Waals surface area contributed by atoms with E-state index in [4.69, 9.17) is 4.74 Å². The first-order chi connectivity index (χ1) is 70.8. The summed E-state index contributed by atoms with van der Waals surface area (Å²) in [6.45, 7) is 60.5. The summed E-state index contributed by atoms with van der Waals surface area (Å²) in [5, 5.41) is 6.90. The van der Waals surface area contributed by atoms with Crippen molar-refractivity contribution in [3.8, 4) is 0 Å². The predicted octanol–water partition coefficient (Wildman–Crippen LogP) is 27.8. The Morgan fingerprint density at radius 3 is 1.03 bits per heavy atom. The molecule has 8 aromatic heterocycles. The molecular weight excluding hydrogens is 1870 g/mol. The first-order valence-electron chi connectivity index (χ1n) is 54.9. The Hall–Kier alpha value is -11.8. The number of H-pyrrole nitrogens is 1. The van der Waals surface area contributed by atoms with Gasteiger partial charge in [0.15, 0.2) is 0 Å². The molecule has 6 atom stereocenters. The van der Waals surface area contributed by atoms with Gasteiger partial charge >= 0.3 is 6.09 Å². The minimum atomic E-state index is -2.13. The number of methoxy groups -OCH3 is 1. The van der Waals surface area contributed by atoms with Crippen LogP contribution in [0.4, 0.5) is 4.79 Å². The van der Waals surface area contributed by atoms with Crippen molar-refractivity contribution >= 4 is 110 Å². The van der Waals surface area contributed by atoms with Gasteiger partial charge < -0.3 is 67.0 Å². The van der Waals surface area contributed by atoms with Crippen LogP contribution in [0.2, 0.25) is 0 Å². The number of piperidine rings is 6. The lowest BCUT2D eigenvalue weighted by Crippen LogP contribution is -2.40. The normalized spacial score (nSPS) is 18.6. The average molecular weight is 2040 g/mol. The van der Waals surface area contributed by atoms with E-state index in [-0.39, 0.29) is 25.1 Å². The molecule has 0 radical (unpaired) electrons. The summed E-state index contributed by atoms with van der Waals surface area (Å²) in [4.78, 5) is 57.4. The first kappa shape index (κ1) is 113. The summed E-state index contributed by atoms with van der Waals surface area (Å²) < 4.78 is 35.4. The van der Waals surface area contributed by atoms with Crippen molar-refractivity contribution < 1.29 is 13.7 Å². The lowest BCUT2D eigenvalue weighted by molar-refractivity contribution is 0.104. The number of benzene rings is 8. The number of carbonyl (C=O) groups excluding carboxylic acids is 1. The molecule has 0 spiro atoms. The van der Waals surface area contributed by atoms with Crippen LogP contribution in [0.5, 0.6) is 0 Å². The van der Waals surface area contributed by atoms with E-state index in [2.05, 4.69) is 401 Å². The van der Waals surface area contributed by atoms with Gasteiger partial charge in [0.2, 0.25) is 0 Å². The number of allylic oxidation sites excluding steroid dienone is 1. The first-order valence-corrected chi connectivity index (χ1v) is 57.0. The Balaban J connectivity index is 0.000000135. The SMILES string of the molecule is C.C=C(C)N1CCCC(n2cnc3ccc(C(C)C)cc32)C1.C=S(C)(=O)N1CCCC(n2cnc3ccc(C(C)C)cc32)C1.CC(C)c1ccc2nc[nH]c2c1.CC(C)c1ccc2ncn(C(C)(C)C)c2c1.CC(C)c1ccc2ncn(C3CCCN(C)C3)c2c1.CC(C)c1ccc2ncn(C3CCCNC3)c2c1.CC(C)c1ccc2ncn(C3CCNCC3)c2c1.COC(=O)N1CCCC(n2cnc3ccc(C(C)C)cc32)C1. The second kappa shape index (κ2) is 50.9. The molecule has 16 aromatic rings. The standard InChI is InChI=1S/C18H25N3.C17H23N3O2.C17H25N3OS.C16H23N3.2C15H21N3.C14H20N2.C10H12N2.CH4/c1-13(2)15-7-8-17-18(10-15)21(12-19-17)16-6-5-9-20(11-16)14(3)4;1-12(2)13-6-7-15-16(9-13)20(11-18-15)14-5-4-8-19(10-14)17(21)22-3;1-13(2)14-7-8-16-17(10-14)20(12-18-16)15-6-5-9-19(11-15)22(3,4)21;1-12(2)13-6-7-15-16(9-13)19(11-17-15)14-5-4-8-18(3)10-14;1-11(2)12-3-4-14-15(9-12)18(10-17-14)13-5-7-16-8-6-13;1-11(2)12-5-6-14-15(8-12)18(10-17-14)13-4-3-7-16-9-13;1-10(2)11-6-7-12-13(8-11)16(9-15-12)14(3,4)5;1-7(2)8-3-4-9-10(5-8)12-6-11-9;/h7-8,10,12-13,16H,3,5-6,9,11H2,1-2,4H3;6-7,9,11-12,14H,4-5,8,10H2,1-3H3;7-8,10,12-13,15H,3,5-6,9,11H2,1-2,4H3;6-7,9,11-12,14H,4-5,8,10H2,1-3H3;3-4,9-11,13,16H,5-8H2,1-2H3;5-6,8,10-11,13,16H,3-4,7,9H2,1-2H3;6-10H,1-5H3;3-7H,1-2H3,(H,11,12);1H4. The van der Waals surface area contributed by atoms with Crippen molar-refractivity contribution in [2.75, 3.05) is 99.0 Å². The summed E-state index contributed by atoms with van der Waals surface area (Å²) >= 11 is 0. The highest BCUT2D eigenvalue weighted by molar-refractivity contribution is 7.97. The number of aromatic nitrogens is 16. The Morgan fingerprint density at radius 1 is 0.369 bits per heavy atom. The van der Waals surface area contributed by atoms with E-state index in [1.54, 1.807) is 17.5 Å². The van der Waals surface area contributed by atoms with Crippen molar-refractivity contribution in [1.29, 1.82) is 0 Å². The van der Waals surface area contributed by atoms with Gasteiger partial charge in [-0.2, -0.15) is 0 Å². The van der Waals surface area contributed by atoms with Gasteiger partial charge in [0.05, 0.1) is 158 Å². The van der Waals surface area contributed by atoms with E-state index in [1.165, 1.54) is 148 Å². The number of hydrogen-bond donors (Lipinski definition) is 3. The lowest BCUT2D eigenvalue weighted by Gasteiger charge is -2.35. The second-order valence-corrected chi connectivity index (χ2v) is 48.2. The number of fused-ring (bicyclic) bond motifs is 8. The minimum Gasteiger partial charge on any atom is -0.453 e. The van der Waals surface area contributed by atoms with E-state index in [1.807, 2.05) is 48.6 Å². The van der Waals surface area contributed by atoms with Gasteiger partial charge in [-0.1, -0.05) is 173 Å². The van der Waals surface area contributed by atoms with E-state index >= 15 is 0 Å². The molecule has 25 nitrogen and oxygen atoms in total. The third-order valence-electron chi connectivity index (χ3n) is 30.9. The van der Waals surface area contributed by atoms with Crippen molar-refractivity contribution in [3.63, 3.8) is 0 Å². The molecule has 6 fully saturated rings. The maximum atomic E-state index is 12.3. The fourth-order valence-electron chi connectivity index (χ4n) is 21.4. The summed E-state index contributed by atoms with van der Waals surface area (Å²) in [6.07, 6.45) is 31.2. The van der Waals surface area contributed by atoms with Crippen LogP contribution < -0.4 is 10.6 Å². The molecule has 6 aliphatic heterocycles. The zero-order valence-corrected chi connectivity index (χ0v) is 93.9.